The molecule has 0 fully saturated rings. The van der Waals surface area contributed by atoms with Gasteiger partial charge in [-0.15, -0.1) is 0 Å². The third-order valence-corrected chi connectivity index (χ3v) is 2.22. The monoisotopic (exact) mass is 250 g/mol. The summed E-state index contributed by atoms with van der Waals surface area (Å²) in [6.07, 6.45) is 0.766. The SMILES string of the molecule is CC(C)(C)NCC(O)/C=N/OCc1ccccc1. The lowest BCUT2D eigenvalue weighted by Crippen LogP contribution is -2.41. The summed E-state index contributed by atoms with van der Waals surface area (Å²) in [5.74, 6) is 0. The van der Waals surface area contributed by atoms with Gasteiger partial charge in [-0.3, -0.25) is 0 Å². The van der Waals surface area contributed by atoms with Gasteiger partial charge in [0.2, 0.25) is 0 Å². The molecule has 4 nitrogen and oxygen atoms in total. The summed E-state index contributed by atoms with van der Waals surface area (Å²) in [6.45, 7) is 7.01. The van der Waals surface area contributed by atoms with E-state index in [2.05, 4.69) is 10.5 Å². The highest BCUT2D eigenvalue weighted by molar-refractivity contribution is 5.62. The van der Waals surface area contributed by atoms with E-state index < -0.39 is 6.10 Å². The Labute approximate surface area is 109 Å². The number of β-amino-alcohol motifs (C(OH)–C–C–N with tert-alkyl or cyclic N) is 1. The molecule has 0 heterocycles. The first-order chi connectivity index (χ1) is 8.47. The van der Waals surface area contributed by atoms with Gasteiger partial charge in [0.1, 0.15) is 12.7 Å². The lowest BCUT2D eigenvalue weighted by molar-refractivity contribution is 0.126. The van der Waals surface area contributed by atoms with Crippen LogP contribution in [0.2, 0.25) is 0 Å². The van der Waals surface area contributed by atoms with Crippen molar-refractivity contribution in [3.63, 3.8) is 0 Å². The van der Waals surface area contributed by atoms with Gasteiger partial charge in [0.05, 0.1) is 6.21 Å². The summed E-state index contributed by atoms with van der Waals surface area (Å²) in [7, 11) is 0. The number of hydrogen-bond donors (Lipinski definition) is 2. The molecule has 0 radical (unpaired) electrons. The van der Waals surface area contributed by atoms with E-state index in [1.165, 1.54) is 6.21 Å². The van der Waals surface area contributed by atoms with Gasteiger partial charge in [0, 0.05) is 12.1 Å². The van der Waals surface area contributed by atoms with Crippen molar-refractivity contribution >= 4 is 6.21 Å². The molecule has 0 saturated carbocycles. The van der Waals surface area contributed by atoms with Crippen LogP contribution >= 0.6 is 0 Å². The molecule has 0 aliphatic rings. The van der Waals surface area contributed by atoms with Crippen LogP contribution in [0.4, 0.5) is 0 Å². The molecule has 1 atom stereocenters. The van der Waals surface area contributed by atoms with E-state index in [1.807, 2.05) is 51.1 Å². The fourth-order valence-electron chi connectivity index (χ4n) is 1.26. The topological polar surface area (TPSA) is 53.8 Å². The molecule has 0 aromatic heterocycles. The molecule has 0 bridgehead atoms. The van der Waals surface area contributed by atoms with Crippen molar-refractivity contribution in [1.82, 2.24) is 5.32 Å². The molecule has 1 unspecified atom stereocenters. The van der Waals surface area contributed by atoms with Crippen LogP contribution in [-0.4, -0.2) is 29.5 Å². The van der Waals surface area contributed by atoms with Gasteiger partial charge in [-0.25, -0.2) is 0 Å². The molecule has 1 rings (SSSR count). The Morgan fingerprint density at radius 1 is 1.33 bits per heavy atom. The normalized spacial score (nSPS) is 13.8. The van der Waals surface area contributed by atoms with Crippen LogP contribution in [-0.2, 0) is 11.4 Å². The molecule has 100 valence electrons. The fourth-order valence-corrected chi connectivity index (χ4v) is 1.26. The lowest BCUT2D eigenvalue weighted by Gasteiger charge is -2.21. The molecule has 18 heavy (non-hydrogen) atoms. The van der Waals surface area contributed by atoms with E-state index in [0.717, 1.165) is 5.56 Å². The Balaban J connectivity index is 2.20. The molecular formula is C14H22N2O2. The van der Waals surface area contributed by atoms with Gasteiger partial charge in [0.15, 0.2) is 0 Å². The first-order valence-electron chi connectivity index (χ1n) is 6.10. The Morgan fingerprint density at radius 3 is 2.61 bits per heavy atom. The number of aliphatic hydroxyl groups excluding tert-OH is 1. The Hall–Kier alpha value is -1.39. The minimum absolute atomic E-state index is 0.0142. The summed E-state index contributed by atoms with van der Waals surface area (Å²) in [4.78, 5) is 5.10. The molecule has 0 aliphatic carbocycles. The number of nitrogens with one attached hydrogen (secondary N) is 1. The van der Waals surface area contributed by atoms with Crippen molar-refractivity contribution in [2.24, 2.45) is 5.16 Å². The van der Waals surface area contributed by atoms with Gasteiger partial charge in [-0.1, -0.05) is 35.5 Å². The smallest absolute Gasteiger partial charge is 0.142 e. The van der Waals surface area contributed by atoms with Crippen LogP contribution in [0.3, 0.4) is 0 Å². The zero-order chi connectivity index (χ0) is 13.4. The van der Waals surface area contributed by atoms with E-state index in [-0.39, 0.29) is 5.54 Å². The van der Waals surface area contributed by atoms with Crippen LogP contribution in [0.15, 0.2) is 35.5 Å². The van der Waals surface area contributed by atoms with E-state index in [0.29, 0.717) is 13.2 Å². The molecule has 1 aromatic carbocycles. The molecular weight excluding hydrogens is 228 g/mol. The molecule has 0 aliphatic heterocycles. The molecule has 0 saturated heterocycles. The summed E-state index contributed by atoms with van der Waals surface area (Å²) >= 11 is 0. The zero-order valence-corrected chi connectivity index (χ0v) is 11.3. The summed E-state index contributed by atoms with van der Waals surface area (Å²) in [5, 5.41) is 16.6. The predicted octanol–water partition coefficient (Wildman–Crippen LogP) is 1.94. The van der Waals surface area contributed by atoms with Gasteiger partial charge in [0.25, 0.3) is 0 Å². The maximum atomic E-state index is 9.62. The number of rotatable bonds is 6. The lowest BCUT2D eigenvalue weighted by atomic mass is 10.1. The second-order valence-corrected chi connectivity index (χ2v) is 5.21. The second kappa shape index (κ2) is 7.13. The van der Waals surface area contributed by atoms with Crippen molar-refractivity contribution in [1.29, 1.82) is 0 Å². The van der Waals surface area contributed by atoms with Crippen molar-refractivity contribution in [2.75, 3.05) is 6.54 Å². The average molecular weight is 250 g/mol. The summed E-state index contributed by atoms with van der Waals surface area (Å²) in [6, 6.07) is 9.78. The third-order valence-electron chi connectivity index (χ3n) is 2.22. The number of aliphatic hydroxyl groups is 1. The fraction of sp³-hybridized carbons (Fsp3) is 0.500. The molecule has 4 heteroatoms. The standard InChI is InChI=1S/C14H22N2O2/c1-14(2,3)15-9-13(17)10-16-18-11-12-7-5-4-6-8-12/h4-8,10,13,15,17H,9,11H2,1-3H3/b16-10+. The highest BCUT2D eigenvalue weighted by Gasteiger charge is 2.10. The first kappa shape index (κ1) is 14.7. The van der Waals surface area contributed by atoms with Crippen molar-refractivity contribution < 1.29 is 9.94 Å². The average Bonchev–Trinajstić information content (AvgIpc) is 2.33. The van der Waals surface area contributed by atoms with Crippen LogP contribution < -0.4 is 5.32 Å². The number of nitrogens with zero attached hydrogens (tertiary/aromatic N) is 1. The Morgan fingerprint density at radius 2 is 2.00 bits per heavy atom. The molecule has 0 amide bonds. The van der Waals surface area contributed by atoms with Crippen LogP contribution in [0.25, 0.3) is 0 Å². The van der Waals surface area contributed by atoms with Crippen molar-refractivity contribution in [3.8, 4) is 0 Å². The third kappa shape index (κ3) is 7.04. The Kier molecular flexibility index (Phi) is 5.82. The van der Waals surface area contributed by atoms with Crippen molar-refractivity contribution in [3.05, 3.63) is 35.9 Å². The minimum atomic E-state index is -0.639. The van der Waals surface area contributed by atoms with Gasteiger partial charge < -0.3 is 15.3 Å². The molecule has 1 aromatic rings. The predicted molar refractivity (Wildman–Crippen MR) is 73.5 cm³/mol. The molecule has 0 spiro atoms. The number of hydrogen-bond acceptors (Lipinski definition) is 4. The van der Waals surface area contributed by atoms with E-state index in [4.69, 9.17) is 4.84 Å². The highest BCUT2D eigenvalue weighted by Crippen LogP contribution is 2.00. The molecule has 2 N–H and O–H groups in total. The van der Waals surface area contributed by atoms with Gasteiger partial charge in [-0.2, -0.15) is 0 Å². The van der Waals surface area contributed by atoms with E-state index in [1.54, 1.807) is 0 Å². The van der Waals surface area contributed by atoms with Crippen LogP contribution in [0, 0.1) is 0 Å². The van der Waals surface area contributed by atoms with E-state index in [9.17, 15) is 5.11 Å². The maximum absolute atomic E-state index is 9.62. The quantitative estimate of drug-likeness (QED) is 0.599. The minimum Gasteiger partial charge on any atom is -0.391 e. The summed E-state index contributed by atoms with van der Waals surface area (Å²) < 4.78 is 0. The number of oxime groups is 1. The number of benzene rings is 1. The van der Waals surface area contributed by atoms with Crippen molar-refractivity contribution in [2.45, 2.75) is 39.0 Å². The first-order valence-corrected chi connectivity index (χ1v) is 6.10. The van der Waals surface area contributed by atoms with Gasteiger partial charge >= 0.3 is 0 Å². The zero-order valence-electron chi connectivity index (χ0n) is 11.3. The summed E-state index contributed by atoms with van der Waals surface area (Å²) in [5.41, 5.74) is 1.04. The Bertz CT molecular complexity index is 358. The van der Waals surface area contributed by atoms with Gasteiger partial charge in [-0.05, 0) is 26.3 Å². The second-order valence-electron chi connectivity index (χ2n) is 5.21. The van der Waals surface area contributed by atoms with E-state index >= 15 is 0 Å². The largest absolute Gasteiger partial charge is 0.391 e. The van der Waals surface area contributed by atoms with Crippen LogP contribution in [0.1, 0.15) is 26.3 Å². The van der Waals surface area contributed by atoms with Crippen LogP contribution in [0.5, 0.6) is 0 Å². The highest BCUT2D eigenvalue weighted by atomic mass is 16.6. The maximum Gasteiger partial charge on any atom is 0.142 e.